The number of aromatic nitrogens is 4. The molecule has 0 aliphatic carbocycles. The van der Waals surface area contributed by atoms with Gasteiger partial charge < -0.3 is 11.1 Å². The minimum Gasteiger partial charge on any atom is -0.398 e. The van der Waals surface area contributed by atoms with Crippen molar-refractivity contribution in [1.29, 1.82) is 0 Å². The minimum atomic E-state index is -0.166. The van der Waals surface area contributed by atoms with E-state index < -0.39 is 0 Å². The number of anilines is 2. The maximum atomic E-state index is 13.2. The van der Waals surface area contributed by atoms with Crippen LogP contribution in [0.5, 0.6) is 0 Å². The molecule has 0 radical (unpaired) electrons. The molecule has 0 saturated carbocycles. The van der Waals surface area contributed by atoms with Crippen LogP contribution in [0.4, 0.5) is 11.4 Å². The number of nitrogens with one attached hydrogen (secondary N) is 1. The summed E-state index contributed by atoms with van der Waals surface area (Å²) >= 11 is 16.2. The average Bonchev–Trinajstić information content (AvgIpc) is 3.05. The molecule has 2 aromatic heterocycles. The molecule has 0 atom stereocenters. The van der Waals surface area contributed by atoms with Gasteiger partial charge in [-0.15, -0.1) is 0 Å². The third-order valence-corrected chi connectivity index (χ3v) is 10.3. The number of rotatable bonds is 5. The molecular weight excluding hydrogens is 889 g/mol. The van der Waals surface area contributed by atoms with Crippen molar-refractivity contribution in [2.45, 2.75) is 46.5 Å². The van der Waals surface area contributed by atoms with Crippen LogP contribution in [0.3, 0.4) is 0 Å². The Bertz CT molecular complexity index is 2340. The third kappa shape index (κ3) is 7.64. The van der Waals surface area contributed by atoms with Crippen molar-refractivity contribution in [2.75, 3.05) is 11.1 Å². The van der Waals surface area contributed by atoms with Gasteiger partial charge in [-0.2, -0.15) is 0 Å². The van der Waals surface area contributed by atoms with E-state index in [0.29, 0.717) is 54.9 Å². The quantitative estimate of drug-likeness (QED) is 0.131. The number of carbonyl (C=O) groups is 1. The number of fused-ring (bicyclic) bond motifs is 2. The van der Waals surface area contributed by atoms with Gasteiger partial charge in [0.05, 0.1) is 46.0 Å². The van der Waals surface area contributed by atoms with E-state index in [2.05, 4.69) is 50.5 Å². The lowest BCUT2D eigenvalue weighted by Crippen LogP contribution is -2.25. The number of amides is 1. The van der Waals surface area contributed by atoms with Crippen molar-refractivity contribution >= 4 is 107 Å². The van der Waals surface area contributed by atoms with E-state index in [1.54, 1.807) is 69.8 Å². The van der Waals surface area contributed by atoms with Gasteiger partial charge in [-0.1, -0.05) is 50.9 Å². The molecule has 252 valence electrons. The molecule has 6 aromatic rings. The molecule has 0 aliphatic rings. The van der Waals surface area contributed by atoms with Gasteiger partial charge >= 0.3 is 0 Å². The zero-order valence-electron chi connectivity index (χ0n) is 27.2. The molecule has 0 fully saturated rings. The van der Waals surface area contributed by atoms with Crippen molar-refractivity contribution in [1.82, 2.24) is 19.1 Å². The van der Waals surface area contributed by atoms with E-state index in [0.717, 1.165) is 18.5 Å². The van der Waals surface area contributed by atoms with Gasteiger partial charge in [0.1, 0.15) is 11.6 Å². The van der Waals surface area contributed by atoms with Crippen molar-refractivity contribution in [3.63, 3.8) is 0 Å². The van der Waals surface area contributed by atoms with E-state index in [1.165, 1.54) is 6.92 Å². The molecule has 0 bridgehead atoms. The molecular formula is C36H32Cl2I2N6O3. The molecule has 0 saturated heterocycles. The van der Waals surface area contributed by atoms with Crippen LogP contribution in [-0.2, 0) is 4.79 Å². The SMILES string of the molecule is CC(=O)Nc1ccc2c(=O)n(-c3ccc(Cl)cc3)c(C(C)C)nc2c1I.CC(C)c1nc2c(I)c(N)ccc2c(=O)n1-c1ccc(Cl)cc1. The number of hydrogen-bond donors (Lipinski definition) is 2. The predicted octanol–water partition coefficient (Wildman–Crippen LogP) is 9.07. The van der Waals surface area contributed by atoms with Crippen molar-refractivity contribution in [3.8, 4) is 11.4 Å². The Morgan fingerprint density at radius 1 is 0.694 bits per heavy atom. The van der Waals surface area contributed by atoms with Crippen LogP contribution in [-0.4, -0.2) is 25.0 Å². The normalized spacial score (nSPS) is 11.2. The first kappa shape index (κ1) is 36.7. The number of benzene rings is 4. The average molecular weight is 921 g/mol. The fourth-order valence-corrected chi connectivity index (χ4v) is 6.80. The van der Waals surface area contributed by atoms with Crippen LogP contribution in [0.2, 0.25) is 10.0 Å². The summed E-state index contributed by atoms with van der Waals surface area (Å²) in [5.41, 5.74) is 9.72. The Balaban J connectivity index is 0.000000192. The largest absolute Gasteiger partial charge is 0.398 e. The third-order valence-electron chi connectivity index (χ3n) is 7.55. The fourth-order valence-electron chi connectivity index (χ4n) is 5.23. The van der Waals surface area contributed by atoms with Gasteiger partial charge in [0.15, 0.2) is 0 Å². The van der Waals surface area contributed by atoms with Crippen LogP contribution < -0.4 is 22.2 Å². The summed E-state index contributed by atoms with van der Waals surface area (Å²) in [6, 6.07) is 21.2. The van der Waals surface area contributed by atoms with Gasteiger partial charge in [0.25, 0.3) is 11.1 Å². The van der Waals surface area contributed by atoms with Crippen molar-refractivity contribution in [2.24, 2.45) is 0 Å². The highest BCUT2D eigenvalue weighted by molar-refractivity contribution is 14.1. The van der Waals surface area contributed by atoms with Crippen molar-refractivity contribution in [3.05, 3.63) is 122 Å². The van der Waals surface area contributed by atoms with Crippen LogP contribution in [0.15, 0.2) is 82.4 Å². The van der Waals surface area contributed by atoms with Gasteiger partial charge in [0.2, 0.25) is 5.91 Å². The number of nitrogens with zero attached hydrogens (tertiary/aromatic N) is 4. The zero-order chi connectivity index (χ0) is 35.7. The highest BCUT2D eigenvalue weighted by atomic mass is 127. The van der Waals surface area contributed by atoms with E-state index in [4.69, 9.17) is 38.9 Å². The van der Waals surface area contributed by atoms with Gasteiger partial charge in [-0.25, -0.2) is 9.97 Å². The summed E-state index contributed by atoms with van der Waals surface area (Å²) in [4.78, 5) is 47.2. The molecule has 4 aromatic carbocycles. The first-order valence-electron chi connectivity index (χ1n) is 15.2. The second-order valence-electron chi connectivity index (χ2n) is 11.9. The minimum absolute atomic E-state index is 0.0306. The summed E-state index contributed by atoms with van der Waals surface area (Å²) in [6.45, 7) is 9.46. The summed E-state index contributed by atoms with van der Waals surface area (Å²) < 4.78 is 4.83. The number of halogens is 4. The molecule has 0 aliphatic heterocycles. The van der Waals surface area contributed by atoms with Crippen LogP contribution in [0.25, 0.3) is 33.2 Å². The number of hydrogen-bond acceptors (Lipinski definition) is 6. The topological polar surface area (TPSA) is 125 Å². The Labute approximate surface area is 320 Å². The zero-order valence-corrected chi connectivity index (χ0v) is 33.0. The smallest absolute Gasteiger partial charge is 0.266 e. The first-order valence-corrected chi connectivity index (χ1v) is 18.2. The van der Waals surface area contributed by atoms with Crippen LogP contribution in [0.1, 0.15) is 58.1 Å². The van der Waals surface area contributed by atoms with E-state index >= 15 is 0 Å². The predicted molar refractivity (Wildman–Crippen MR) is 217 cm³/mol. The van der Waals surface area contributed by atoms with Crippen molar-refractivity contribution < 1.29 is 4.79 Å². The summed E-state index contributed by atoms with van der Waals surface area (Å²) in [5, 5.41) is 5.07. The number of carbonyl (C=O) groups excluding carboxylic acids is 1. The standard InChI is InChI=1S/C19H17ClIN3O2.C17H15ClIN3O/c1-10(2)18-23-17-14(8-9-15(16(17)21)22-11(3)25)19(26)24(18)13-6-4-12(20)5-7-13;1-9(2)16-21-15-12(7-8-13(20)14(15)19)17(23)22(16)11-5-3-10(18)4-6-11/h4-10H,1-3H3,(H,22,25);3-9H,20H2,1-2H3. The van der Waals surface area contributed by atoms with Gasteiger partial charge in [-0.05, 0) is 118 Å². The molecule has 3 N–H and O–H groups in total. The fraction of sp³-hybridized carbons (Fsp3) is 0.194. The molecule has 1 amide bonds. The van der Waals surface area contributed by atoms with Crippen LogP contribution in [0, 0.1) is 7.14 Å². The molecule has 9 nitrogen and oxygen atoms in total. The molecule has 6 rings (SSSR count). The number of nitrogen functional groups attached to an aromatic ring is 1. The molecule has 49 heavy (non-hydrogen) atoms. The summed E-state index contributed by atoms with van der Waals surface area (Å²) in [7, 11) is 0. The highest BCUT2D eigenvalue weighted by Gasteiger charge is 2.19. The van der Waals surface area contributed by atoms with Crippen LogP contribution >= 0.6 is 68.4 Å². The molecule has 13 heteroatoms. The second-order valence-corrected chi connectivity index (χ2v) is 14.9. The maximum absolute atomic E-state index is 13.2. The number of nitrogens with two attached hydrogens (primary N) is 1. The Kier molecular flexibility index (Phi) is 11.4. The summed E-state index contributed by atoms with van der Waals surface area (Å²) in [5.74, 6) is 1.31. The Hall–Kier alpha value is -3.53. The lowest BCUT2D eigenvalue weighted by Gasteiger charge is -2.17. The lowest BCUT2D eigenvalue weighted by atomic mass is 10.1. The van der Waals surface area contributed by atoms with E-state index in [9.17, 15) is 14.4 Å². The lowest BCUT2D eigenvalue weighted by molar-refractivity contribution is -0.114. The van der Waals surface area contributed by atoms with Gasteiger partial charge in [0, 0.05) is 34.5 Å². The molecule has 0 spiro atoms. The molecule has 0 unspecified atom stereocenters. The summed E-state index contributed by atoms with van der Waals surface area (Å²) in [6.07, 6.45) is 0. The van der Waals surface area contributed by atoms with E-state index in [1.807, 2.05) is 39.8 Å². The Morgan fingerprint density at radius 2 is 1.10 bits per heavy atom. The Morgan fingerprint density at radius 3 is 1.51 bits per heavy atom. The molecule has 2 heterocycles. The highest BCUT2D eigenvalue weighted by Crippen LogP contribution is 2.29. The second kappa shape index (κ2) is 15.2. The monoisotopic (exact) mass is 920 g/mol. The van der Waals surface area contributed by atoms with E-state index in [-0.39, 0.29) is 28.9 Å². The maximum Gasteiger partial charge on any atom is 0.266 e. The first-order chi connectivity index (χ1) is 23.2. The van der Waals surface area contributed by atoms with Gasteiger partial charge in [-0.3, -0.25) is 23.5 Å².